The van der Waals surface area contributed by atoms with Crippen LogP contribution in [0.2, 0.25) is 0 Å². The number of methoxy groups -OCH3 is 1. The zero-order valence-corrected chi connectivity index (χ0v) is 19.0. The number of pyridine rings is 2. The fourth-order valence-corrected chi connectivity index (χ4v) is 4.67. The molecule has 2 aromatic heterocycles. The largest absolute Gasteiger partial charge is 0.610 e. The van der Waals surface area contributed by atoms with Gasteiger partial charge in [0, 0.05) is 23.5 Å². The molecule has 2 bridgehead atoms. The maximum Gasteiger partial charge on any atom is 0.212 e. The molecule has 0 aromatic carbocycles. The highest BCUT2D eigenvalue weighted by Crippen LogP contribution is 2.39. The number of piperidine rings is 1. The van der Waals surface area contributed by atoms with Gasteiger partial charge in [-0.1, -0.05) is 0 Å². The van der Waals surface area contributed by atoms with Crippen molar-refractivity contribution in [3.05, 3.63) is 35.8 Å². The van der Waals surface area contributed by atoms with Crippen LogP contribution in [0.5, 0.6) is 11.5 Å². The third-order valence-corrected chi connectivity index (χ3v) is 6.48. The summed E-state index contributed by atoms with van der Waals surface area (Å²) in [5.41, 5.74) is 1.61. The van der Waals surface area contributed by atoms with Crippen molar-refractivity contribution in [3.8, 4) is 11.5 Å². The quantitative estimate of drug-likeness (QED) is 0.339. The van der Waals surface area contributed by atoms with Gasteiger partial charge in [-0.15, -0.1) is 5.12 Å². The van der Waals surface area contributed by atoms with Gasteiger partial charge in [-0.05, 0) is 45.0 Å². The summed E-state index contributed by atoms with van der Waals surface area (Å²) in [4.78, 5) is 25.8. The van der Waals surface area contributed by atoms with Gasteiger partial charge in [0.05, 0.1) is 24.6 Å². The van der Waals surface area contributed by atoms with E-state index in [9.17, 15) is 10.00 Å². The molecule has 12 heteroatoms. The summed E-state index contributed by atoms with van der Waals surface area (Å²) in [6, 6.07) is 5.19. The lowest BCUT2D eigenvalue weighted by Crippen LogP contribution is -2.46. The van der Waals surface area contributed by atoms with Crippen LogP contribution < -0.4 is 35.8 Å². The van der Waals surface area contributed by atoms with Crippen LogP contribution in [-0.4, -0.2) is 47.5 Å². The summed E-state index contributed by atoms with van der Waals surface area (Å²) in [6.45, 7) is 3.56. The molecular weight excluding hydrogens is 433 g/mol. The van der Waals surface area contributed by atoms with Gasteiger partial charge in [-0.25, -0.2) is 10.8 Å². The Kier molecular flexibility index (Phi) is 7.02. The normalized spacial score (nSPS) is 21.1. The number of aromatic nitrogens is 2. The maximum atomic E-state index is 12.6. The first-order valence-electron chi connectivity index (χ1n) is 10.5. The molecule has 1 fully saturated rings. The molecule has 4 N–H and O–H groups in total. The van der Waals surface area contributed by atoms with Crippen LogP contribution in [0.25, 0.3) is 0 Å². The number of nitrogens with zero attached hydrogens (tertiary/aromatic N) is 5. The van der Waals surface area contributed by atoms with Crippen molar-refractivity contribution >= 4 is 19.4 Å². The molecule has 0 spiro atoms. The van der Waals surface area contributed by atoms with E-state index in [0.717, 1.165) is 25.9 Å². The lowest BCUT2D eigenvalue weighted by molar-refractivity contribution is -0.156. The Bertz CT molecular complexity index is 986. The lowest BCUT2D eigenvalue weighted by Gasteiger charge is -2.30. The Balaban J connectivity index is 1.71. The molecule has 1 saturated heterocycles. The van der Waals surface area contributed by atoms with E-state index in [1.807, 2.05) is 0 Å². The number of anilines is 2. The molecule has 11 nitrogen and oxygen atoms in total. The van der Waals surface area contributed by atoms with Crippen LogP contribution in [0.3, 0.4) is 0 Å². The molecule has 0 amide bonds. The number of hydrogen-bond acceptors (Lipinski definition) is 11. The number of rotatable bonds is 5. The average molecular weight is 461 g/mol. The van der Waals surface area contributed by atoms with Crippen molar-refractivity contribution in [3.63, 3.8) is 0 Å². The number of hydrogen-bond donors (Lipinski definition) is 3. The fourth-order valence-electron chi connectivity index (χ4n) is 3.75. The highest BCUT2D eigenvalue weighted by atomic mass is 31.1. The summed E-state index contributed by atoms with van der Waals surface area (Å²) in [5, 5.41) is 16.1. The molecule has 3 aliphatic rings. The summed E-state index contributed by atoms with van der Waals surface area (Å²) in [7, 11) is -0.509. The molecule has 3 aliphatic heterocycles. The number of aryl methyl sites for hydroxylation is 1. The van der Waals surface area contributed by atoms with E-state index in [1.165, 1.54) is 17.3 Å². The van der Waals surface area contributed by atoms with Crippen LogP contribution in [0.15, 0.2) is 29.2 Å². The number of aliphatic hydroxyl groups excluding tert-OH is 1. The van der Waals surface area contributed by atoms with Gasteiger partial charge in [0.1, 0.15) is 18.0 Å². The topological polar surface area (TPSA) is 144 Å². The zero-order chi connectivity index (χ0) is 22.7. The van der Waals surface area contributed by atoms with Crippen LogP contribution in [0.1, 0.15) is 36.8 Å². The SMILES string of the molecule is COc1c(OC2CCNCC2)ccnc1N(N)N1/N=[P+](\[O-])CCC(O)c2ccc1c(C)n2. The smallest absolute Gasteiger partial charge is 0.212 e. The van der Waals surface area contributed by atoms with Gasteiger partial charge in [0.15, 0.2) is 13.7 Å². The molecule has 2 aromatic rings. The molecule has 0 radical (unpaired) electrons. The van der Waals surface area contributed by atoms with Crippen molar-refractivity contribution in [1.82, 2.24) is 15.3 Å². The van der Waals surface area contributed by atoms with Gasteiger partial charge in [-0.3, -0.25) is 4.98 Å². The average Bonchev–Trinajstić information content (AvgIpc) is 2.81. The standard InChI is InChI=1S/C20H28N7O4P/c1-13-16-4-3-15(24-13)17(28)8-12-32(29)25-27(16)26(21)20-19(30-2)18(7-11-23-20)31-14-5-9-22-10-6-14/h3-4,7,11,14,17,22,28H,5-6,8-10,12,21H2,1-2H3. The van der Waals surface area contributed by atoms with Crippen LogP contribution >= 0.6 is 7.94 Å². The number of nitrogens with one attached hydrogen (secondary N) is 1. The molecule has 0 saturated carbocycles. The van der Waals surface area contributed by atoms with Crippen LogP contribution in [0.4, 0.5) is 11.5 Å². The Hall–Kier alpha value is -2.56. The van der Waals surface area contributed by atoms with Crippen molar-refractivity contribution in [2.45, 2.75) is 38.4 Å². The lowest BCUT2D eigenvalue weighted by atomic mass is 10.1. The molecule has 5 heterocycles. The van der Waals surface area contributed by atoms with Crippen LogP contribution in [-0.2, 0) is 0 Å². The maximum absolute atomic E-state index is 12.6. The van der Waals surface area contributed by atoms with E-state index in [-0.39, 0.29) is 24.5 Å². The minimum Gasteiger partial charge on any atom is -0.610 e. The summed E-state index contributed by atoms with van der Waals surface area (Å²) < 4.78 is 11.8. The third kappa shape index (κ3) is 4.77. The van der Waals surface area contributed by atoms with E-state index >= 15 is 0 Å². The number of ether oxygens (including phenoxy) is 2. The summed E-state index contributed by atoms with van der Waals surface area (Å²) in [5.74, 6) is 7.59. The first-order chi connectivity index (χ1) is 15.5. The molecular formula is C20H28N7O4P. The minimum atomic E-state index is -2.03. The van der Waals surface area contributed by atoms with Crippen molar-refractivity contribution in [1.29, 1.82) is 0 Å². The second-order valence-corrected chi connectivity index (χ2v) is 9.01. The fraction of sp³-hybridized carbons (Fsp3) is 0.500. The molecule has 2 unspecified atom stereocenters. The van der Waals surface area contributed by atoms with Crippen molar-refractivity contribution < 1.29 is 19.5 Å². The first-order valence-corrected chi connectivity index (χ1v) is 11.9. The molecule has 0 aliphatic carbocycles. The Morgan fingerprint density at radius 2 is 2.06 bits per heavy atom. The third-order valence-electron chi connectivity index (χ3n) is 5.47. The molecule has 32 heavy (non-hydrogen) atoms. The van der Waals surface area contributed by atoms with E-state index in [1.54, 1.807) is 31.3 Å². The van der Waals surface area contributed by atoms with Crippen molar-refractivity contribution in [2.75, 3.05) is 36.6 Å². The Labute approximate surface area is 187 Å². The molecule has 172 valence electrons. The van der Waals surface area contributed by atoms with Gasteiger partial charge in [-0.2, -0.15) is 5.12 Å². The minimum absolute atomic E-state index is 0.0603. The number of aliphatic hydroxyl groups is 1. The number of fused-ring (bicyclic) bond motifs is 6. The second kappa shape index (κ2) is 9.93. The summed E-state index contributed by atoms with van der Waals surface area (Å²) in [6.07, 6.45) is 3.11. The molecule has 2 atom stereocenters. The Morgan fingerprint density at radius 1 is 1.28 bits per heavy atom. The van der Waals surface area contributed by atoms with E-state index in [2.05, 4.69) is 20.1 Å². The highest BCUT2D eigenvalue weighted by Gasteiger charge is 2.28. The molecule has 5 rings (SSSR count). The van der Waals surface area contributed by atoms with E-state index in [0.29, 0.717) is 28.6 Å². The van der Waals surface area contributed by atoms with Gasteiger partial charge in [0.2, 0.25) is 11.6 Å². The predicted molar refractivity (Wildman–Crippen MR) is 119 cm³/mol. The summed E-state index contributed by atoms with van der Waals surface area (Å²) >= 11 is 0. The van der Waals surface area contributed by atoms with Gasteiger partial charge < -0.3 is 24.8 Å². The van der Waals surface area contributed by atoms with Gasteiger partial charge in [0.25, 0.3) is 0 Å². The van der Waals surface area contributed by atoms with Crippen LogP contribution in [0, 0.1) is 6.92 Å². The van der Waals surface area contributed by atoms with E-state index in [4.69, 9.17) is 15.3 Å². The van der Waals surface area contributed by atoms with Gasteiger partial charge >= 0.3 is 0 Å². The number of hydrazine groups is 2. The predicted octanol–water partition coefficient (Wildman–Crippen LogP) is 1.32. The Morgan fingerprint density at radius 3 is 2.78 bits per heavy atom. The second-order valence-electron chi connectivity index (χ2n) is 7.68. The van der Waals surface area contributed by atoms with Crippen molar-refractivity contribution in [2.24, 2.45) is 10.7 Å². The number of nitrogens with two attached hydrogens (primary N) is 1. The monoisotopic (exact) mass is 461 g/mol. The van der Waals surface area contributed by atoms with E-state index < -0.39 is 14.0 Å². The highest BCUT2D eigenvalue weighted by molar-refractivity contribution is 7.39. The first kappa shape index (κ1) is 22.6. The zero-order valence-electron chi connectivity index (χ0n) is 18.1.